The van der Waals surface area contributed by atoms with E-state index < -0.39 is 16.1 Å². The van der Waals surface area contributed by atoms with Crippen LogP contribution in [-0.4, -0.2) is 29.6 Å². The molecule has 0 atom stereocenters. The Balaban J connectivity index is 1.11. The summed E-state index contributed by atoms with van der Waals surface area (Å²) in [5, 5.41) is 15.9. The summed E-state index contributed by atoms with van der Waals surface area (Å²) in [7, 11) is -3.69. The Morgan fingerprint density at radius 1 is 0.333 bits per heavy atom. The van der Waals surface area contributed by atoms with E-state index in [1.165, 1.54) is 117 Å². The lowest BCUT2D eigenvalue weighted by Crippen LogP contribution is -2.79. The summed E-state index contributed by atoms with van der Waals surface area (Å²) in [5.41, 5.74) is 15.6. The number of benzene rings is 8. The van der Waals surface area contributed by atoms with Crippen molar-refractivity contribution >= 4 is 115 Å². The zero-order valence-electron chi connectivity index (χ0n) is 30.8. The number of fused-ring (bicyclic) bond motifs is 12. The molecular formula is C50H40B2Si2. The summed E-state index contributed by atoms with van der Waals surface area (Å²) in [6.45, 7) is 0.614. The lowest BCUT2D eigenvalue weighted by atomic mass is 9.33. The van der Waals surface area contributed by atoms with E-state index in [-0.39, 0.29) is 0 Å². The summed E-state index contributed by atoms with van der Waals surface area (Å²) in [6, 6.07) is 55.6. The molecule has 0 radical (unpaired) electrons. The van der Waals surface area contributed by atoms with Crippen molar-refractivity contribution in [1.29, 1.82) is 0 Å². The number of hydrogen-bond acceptors (Lipinski definition) is 0. The molecule has 14 rings (SSSR count). The molecule has 2 saturated heterocycles. The van der Waals surface area contributed by atoms with E-state index in [1.54, 1.807) is 53.5 Å². The standard InChI is InChI=1S/C50H40B2Si2/c1-7-25-53(26-8-1)41-17-5-3-15-37(41)51-39-23-21-32-30-36-34-14-12-20-44-50(34)52(38-16-4-6-18-42(38)54(44)27-9-2-10-28-54)40-24-22-31-29-35(33-13-11-19-43(53)49(33)51)47(39)45(32)46(31)48(36)40/h3-6,11-24,29-30H,1-2,7-10,25-28H2. The van der Waals surface area contributed by atoms with E-state index >= 15 is 0 Å². The summed E-state index contributed by atoms with van der Waals surface area (Å²) in [6.07, 6.45) is 8.32. The molecule has 8 aromatic rings. The minimum atomic E-state index is -1.84. The molecule has 254 valence electrons. The largest absolute Gasteiger partial charge is 0.242 e. The van der Waals surface area contributed by atoms with Crippen LogP contribution in [0.3, 0.4) is 0 Å². The van der Waals surface area contributed by atoms with Gasteiger partial charge in [0.2, 0.25) is 13.4 Å². The molecule has 6 aliphatic heterocycles. The Bertz CT molecular complexity index is 2780. The zero-order valence-corrected chi connectivity index (χ0v) is 32.8. The van der Waals surface area contributed by atoms with Crippen LogP contribution in [0.2, 0.25) is 24.2 Å². The molecule has 0 aliphatic carbocycles. The number of hydrogen-bond donors (Lipinski definition) is 0. The van der Waals surface area contributed by atoms with Gasteiger partial charge in [-0.25, -0.2) is 0 Å². The van der Waals surface area contributed by atoms with Crippen molar-refractivity contribution in [3.63, 3.8) is 0 Å². The van der Waals surface area contributed by atoms with Crippen LogP contribution in [0.25, 0.3) is 54.6 Å². The third-order valence-corrected chi connectivity index (χ3v) is 26.7. The smallest absolute Gasteiger partial charge is 0.0689 e. The molecule has 0 amide bonds. The average Bonchev–Trinajstić information content (AvgIpc) is 3.24. The fourth-order valence-electron chi connectivity index (χ4n) is 14.1. The maximum Gasteiger partial charge on any atom is 0.242 e. The quantitative estimate of drug-likeness (QED) is 0.140. The fourth-order valence-corrected chi connectivity index (χ4v) is 25.5. The van der Waals surface area contributed by atoms with Crippen LogP contribution >= 0.6 is 0 Å². The van der Waals surface area contributed by atoms with Crippen LogP contribution in [0.15, 0.2) is 121 Å². The topological polar surface area (TPSA) is 0 Å². The van der Waals surface area contributed by atoms with E-state index in [4.69, 9.17) is 0 Å². The van der Waals surface area contributed by atoms with Gasteiger partial charge < -0.3 is 0 Å². The van der Waals surface area contributed by atoms with Crippen LogP contribution in [-0.2, 0) is 0 Å². The van der Waals surface area contributed by atoms with Crippen molar-refractivity contribution in [3.8, 4) is 22.3 Å². The molecule has 0 bridgehead atoms. The molecular weight excluding hydrogens is 678 g/mol. The molecule has 6 heterocycles. The monoisotopic (exact) mass is 718 g/mol. The Morgan fingerprint density at radius 2 is 0.759 bits per heavy atom. The first-order valence-electron chi connectivity index (χ1n) is 21.0. The van der Waals surface area contributed by atoms with Gasteiger partial charge in [-0.3, -0.25) is 0 Å². The first-order valence-corrected chi connectivity index (χ1v) is 25.8. The molecule has 0 saturated carbocycles. The normalized spacial score (nSPS) is 19.0. The molecule has 2 fully saturated rings. The lowest BCUT2D eigenvalue weighted by Gasteiger charge is -2.47. The van der Waals surface area contributed by atoms with E-state index in [0.717, 1.165) is 0 Å². The van der Waals surface area contributed by atoms with Crippen LogP contribution in [0.5, 0.6) is 0 Å². The Hall–Kier alpha value is -4.64. The molecule has 2 spiro atoms. The van der Waals surface area contributed by atoms with Crippen LogP contribution < -0.4 is 53.5 Å². The van der Waals surface area contributed by atoms with Gasteiger partial charge >= 0.3 is 0 Å². The van der Waals surface area contributed by atoms with Gasteiger partial charge in [-0.15, -0.1) is 0 Å². The summed E-state index contributed by atoms with van der Waals surface area (Å²) < 4.78 is 0. The highest BCUT2D eigenvalue weighted by atomic mass is 28.3. The fraction of sp³-hybridized carbons (Fsp3) is 0.200. The van der Waals surface area contributed by atoms with Crippen molar-refractivity contribution in [1.82, 2.24) is 0 Å². The minimum Gasteiger partial charge on any atom is -0.0689 e. The average molecular weight is 719 g/mol. The van der Waals surface area contributed by atoms with Crippen molar-refractivity contribution in [2.24, 2.45) is 0 Å². The van der Waals surface area contributed by atoms with Crippen molar-refractivity contribution < 1.29 is 0 Å². The van der Waals surface area contributed by atoms with Crippen LogP contribution in [0.1, 0.15) is 38.5 Å². The molecule has 8 aromatic carbocycles. The third-order valence-electron chi connectivity index (χ3n) is 15.9. The number of rotatable bonds is 0. The summed E-state index contributed by atoms with van der Waals surface area (Å²) in [4.78, 5) is 0. The molecule has 6 aliphatic rings. The highest BCUT2D eigenvalue weighted by Gasteiger charge is 2.52. The highest BCUT2D eigenvalue weighted by Crippen LogP contribution is 2.46. The Kier molecular flexibility index (Phi) is 5.58. The Morgan fingerprint density at radius 3 is 1.22 bits per heavy atom. The lowest BCUT2D eigenvalue weighted by molar-refractivity contribution is 0.720. The first-order chi connectivity index (χ1) is 26.8. The SMILES string of the molecule is c1ccc2c(c1)B1c3c(cccc3[Si]23CCCCC3)-c2cc3ccc4c5c(cc6ccc1c2c6c35)-c1cccc2c1B4c1ccccc1[Si]21CCCCC1. The van der Waals surface area contributed by atoms with Gasteiger partial charge in [0.05, 0.1) is 0 Å². The van der Waals surface area contributed by atoms with Gasteiger partial charge in [0.15, 0.2) is 0 Å². The van der Waals surface area contributed by atoms with Gasteiger partial charge in [-0.2, -0.15) is 0 Å². The molecule has 54 heavy (non-hydrogen) atoms. The van der Waals surface area contributed by atoms with Gasteiger partial charge in [0.1, 0.15) is 16.1 Å². The first kappa shape index (κ1) is 29.7. The molecule has 0 N–H and O–H groups in total. The zero-order chi connectivity index (χ0) is 34.9. The van der Waals surface area contributed by atoms with Gasteiger partial charge in [-0.05, 0) is 90.9 Å². The predicted molar refractivity (Wildman–Crippen MR) is 240 cm³/mol. The van der Waals surface area contributed by atoms with E-state index in [2.05, 4.69) is 121 Å². The maximum atomic E-state index is 2.63. The molecule has 0 unspecified atom stereocenters. The highest BCUT2D eigenvalue weighted by molar-refractivity contribution is 7.17. The van der Waals surface area contributed by atoms with E-state index in [1.807, 2.05) is 0 Å². The predicted octanol–water partition coefficient (Wildman–Crippen LogP) is 5.70. The second-order valence-electron chi connectivity index (χ2n) is 18.0. The molecule has 0 nitrogen and oxygen atoms in total. The maximum absolute atomic E-state index is 2.63. The van der Waals surface area contributed by atoms with Crippen molar-refractivity contribution in [3.05, 3.63) is 121 Å². The third kappa shape index (κ3) is 3.31. The van der Waals surface area contributed by atoms with E-state index in [9.17, 15) is 0 Å². The molecule has 0 aromatic heterocycles. The molecule has 4 heteroatoms. The van der Waals surface area contributed by atoms with Gasteiger partial charge in [0, 0.05) is 0 Å². The second-order valence-corrected chi connectivity index (χ2v) is 26.4. The summed E-state index contributed by atoms with van der Waals surface area (Å²) in [5.74, 6) is 0. The van der Waals surface area contributed by atoms with Gasteiger partial charge in [0.25, 0.3) is 0 Å². The van der Waals surface area contributed by atoms with Crippen LogP contribution in [0.4, 0.5) is 0 Å². The summed E-state index contributed by atoms with van der Waals surface area (Å²) >= 11 is 0. The van der Waals surface area contributed by atoms with Gasteiger partial charge in [-0.1, -0.05) is 201 Å². The van der Waals surface area contributed by atoms with E-state index in [0.29, 0.717) is 13.4 Å². The van der Waals surface area contributed by atoms with Crippen molar-refractivity contribution in [2.45, 2.75) is 62.7 Å². The van der Waals surface area contributed by atoms with Crippen molar-refractivity contribution in [2.75, 3.05) is 0 Å². The Labute approximate surface area is 320 Å². The second kappa shape index (κ2) is 10.2. The van der Waals surface area contributed by atoms with Crippen LogP contribution in [0, 0.1) is 0 Å². The minimum absolute atomic E-state index is 0.307.